The summed E-state index contributed by atoms with van der Waals surface area (Å²) in [7, 11) is 0. The predicted molar refractivity (Wildman–Crippen MR) is 74.0 cm³/mol. The third kappa shape index (κ3) is 3.59. The molecule has 2 amide bonds. The maximum Gasteiger partial charge on any atom is 0.231 e. The van der Waals surface area contributed by atoms with Gasteiger partial charge in [0.1, 0.15) is 5.76 Å². The zero-order chi connectivity index (χ0) is 14.7. The van der Waals surface area contributed by atoms with Crippen molar-refractivity contribution in [2.24, 2.45) is 11.8 Å². The van der Waals surface area contributed by atoms with Crippen LogP contribution in [0, 0.1) is 18.8 Å². The summed E-state index contributed by atoms with van der Waals surface area (Å²) in [5.41, 5.74) is 0. The van der Waals surface area contributed by atoms with Gasteiger partial charge in [0.25, 0.3) is 0 Å². The van der Waals surface area contributed by atoms with E-state index in [0.29, 0.717) is 24.0 Å². The zero-order valence-corrected chi connectivity index (χ0v) is 12.2. The molecular formula is C14H21N3O3. The van der Waals surface area contributed by atoms with Crippen LogP contribution in [-0.2, 0) is 9.59 Å². The third-order valence-electron chi connectivity index (χ3n) is 3.44. The predicted octanol–water partition coefficient (Wildman–Crippen LogP) is 1.82. The third-order valence-corrected chi connectivity index (χ3v) is 3.44. The van der Waals surface area contributed by atoms with Crippen molar-refractivity contribution in [2.75, 3.05) is 18.4 Å². The van der Waals surface area contributed by atoms with Crippen molar-refractivity contribution in [3.63, 3.8) is 0 Å². The Hall–Kier alpha value is -1.85. The van der Waals surface area contributed by atoms with E-state index < -0.39 is 0 Å². The van der Waals surface area contributed by atoms with Crippen molar-refractivity contribution in [1.82, 2.24) is 10.1 Å². The second-order valence-electron chi connectivity index (χ2n) is 5.74. The number of carbonyl (C=O) groups is 2. The average molecular weight is 279 g/mol. The molecule has 0 aliphatic carbocycles. The lowest BCUT2D eigenvalue weighted by molar-refractivity contribution is -0.128. The average Bonchev–Trinajstić information content (AvgIpc) is 2.93. The largest absolute Gasteiger partial charge is 0.360 e. The number of anilines is 1. The second kappa shape index (κ2) is 6.07. The molecule has 0 saturated carbocycles. The standard InChI is InChI=1S/C14H21N3O3/c1-9(2)4-5-17-8-11(7-13(17)18)14(19)15-12-6-10(3)20-16-12/h6,9,11H,4-5,7-8H2,1-3H3,(H,15,16,19)/t11-/m0/s1. The first kappa shape index (κ1) is 14.6. The van der Waals surface area contributed by atoms with Crippen LogP contribution < -0.4 is 5.32 Å². The summed E-state index contributed by atoms with van der Waals surface area (Å²) < 4.78 is 4.89. The molecule has 0 bridgehead atoms. The molecule has 2 rings (SSSR count). The van der Waals surface area contributed by atoms with Gasteiger partial charge in [-0.2, -0.15) is 0 Å². The lowest BCUT2D eigenvalue weighted by Gasteiger charge is -2.17. The molecule has 1 saturated heterocycles. The Morgan fingerprint density at radius 1 is 1.60 bits per heavy atom. The van der Waals surface area contributed by atoms with Gasteiger partial charge in [-0.1, -0.05) is 19.0 Å². The van der Waals surface area contributed by atoms with E-state index >= 15 is 0 Å². The minimum absolute atomic E-state index is 0.0575. The number of aryl methyl sites for hydroxylation is 1. The number of hydrogen-bond donors (Lipinski definition) is 1. The van der Waals surface area contributed by atoms with Crippen LogP contribution in [0.15, 0.2) is 10.6 Å². The summed E-state index contributed by atoms with van der Waals surface area (Å²) in [6.07, 6.45) is 1.24. The Kier molecular flexibility index (Phi) is 4.42. The molecule has 110 valence electrons. The first-order chi connectivity index (χ1) is 9.45. The Morgan fingerprint density at radius 2 is 2.35 bits per heavy atom. The van der Waals surface area contributed by atoms with Crippen LogP contribution in [0.2, 0.25) is 0 Å². The topological polar surface area (TPSA) is 75.4 Å². The highest BCUT2D eigenvalue weighted by atomic mass is 16.5. The highest BCUT2D eigenvalue weighted by Crippen LogP contribution is 2.20. The molecular weight excluding hydrogens is 258 g/mol. The number of amides is 2. The van der Waals surface area contributed by atoms with Crippen molar-refractivity contribution in [2.45, 2.75) is 33.6 Å². The highest BCUT2D eigenvalue weighted by Gasteiger charge is 2.34. The number of rotatable bonds is 5. The van der Waals surface area contributed by atoms with Gasteiger partial charge in [-0.15, -0.1) is 0 Å². The van der Waals surface area contributed by atoms with E-state index in [1.54, 1.807) is 17.9 Å². The monoisotopic (exact) mass is 279 g/mol. The molecule has 0 unspecified atom stereocenters. The smallest absolute Gasteiger partial charge is 0.231 e. The Balaban J connectivity index is 1.87. The quantitative estimate of drug-likeness (QED) is 0.892. The number of likely N-dealkylation sites (tertiary alicyclic amines) is 1. The van der Waals surface area contributed by atoms with Crippen molar-refractivity contribution in [3.05, 3.63) is 11.8 Å². The molecule has 1 N–H and O–H groups in total. The lowest BCUT2D eigenvalue weighted by Crippen LogP contribution is -2.29. The Morgan fingerprint density at radius 3 is 2.95 bits per heavy atom. The maximum atomic E-state index is 12.1. The van der Waals surface area contributed by atoms with Gasteiger partial charge in [0.2, 0.25) is 11.8 Å². The Labute approximate surface area is 118 Å². The second-order valence-corrected chi connectivity index (χ2v) is 5.74. The molecule has 1 aromatic rings. The van der Waals surface area contributed by atoms with Gasteiger partial charge in [0.05, 0.1) is 5.92 Å². The van der Waals surface area contributed by atoms with E-state index in [1.165, 1.54) is 0 Å². The van der Waals surface area contributed by atoms with E-state index in [-0.39, 0.29) is 24.2 Å². The molecule has 1 aliphatic rings. The molecule has 2 heterocycles. The van der Waals surface area contributed by atoms with Gasteiger partial charge < -0.3 is 14.7 Å². The summed E-state index contributed by atoms with van der Waals surface area (Å²) in [6, 6.07) is 1.66. The van der Waals surface area contributed by atoms with Gasteiger partial charge >= 0.3 is 0 Å². The fourth-order valence-electron chi connectivity index (χ4n) is 2.23. The van der Waals surface area contributed by atoms with Crippen LogP contribution in [0.4, 0.5) is 5.82 Å². The van der Waals surface area contributed by atoms with Gasteiger partial charge in [0, 0.05) is 25.6 Å². The van der Waals surface area contributed by atoms with Gasteiger partial charge in [-0.3, -0.25) is 9.59 Å². The highest BCUT2D eigenvalue weighted by molar-refractivity contribution is 5.96. The van der Waals surface area contributed by atoms with Gasteiger partial charge in [-0.05, 0) is 19.3 Å². The van der Waals surface area contributed by atoms with Crippen molar-refractivity contribution in [1.29, 1.82) is 0 Å². The van der Waals surface area contributed by atoms with Gasteiger partial charge in [0.15, 0.2) is 5.82 Å². The van der Waals surface area contributed by atoms with Crippen LogP contribution >= 0.6 is 0 Å². The molecule has 6 heteroatoms. The molecule has 6 nitrogen and oxygen atoms in total. The Bertz CT molecular complexity index is 496. The number of nitrogens with one attached hydrogen (secondary N) is 1. The van der Waals surface area contributed by atoms with E-state index in [1.807, 2.05) is 0 Å². The minimum atomic E-state index is -0.299. The fraction of sp³-hybridized carbons (Fsp3) is 0.643. The first-order valence-corrected chi connectivity index (χ1v) is 6.97. The molecule has 0 radical (unpaired) electrons. The van der Waals surface area contributed by atoms with E-state index in [2.05, 4.69) is 24.3 Å². The van der Waals surface area contributed by atoms with Crippen LogP contribution in [0.25, 0.3) is 0 Å². The fourth-order valence-corrected chi connectivity index (χ4v) is 2.23. The molecule has 1 atom stereocenters. The molecule has 0 spiro atoms. The van der Waals surface area contributed by atoms with E-state index in [9.17, 15) is 9.59 Å². The molecule has 20 heavy (non-hydrogen) atoms. The molecule has 1 fully saturated rings. The summed E-state index contributed by atoms with van der Waals surface area (Å²) >= 11 is 0. The van der Waals surface area contributed by atoms with Crippen molar-refractivity contribution < 1.29 is 14.1 Å². The maximum absolute atomic E-state index is 12.1. The van der Waals surface area contributed by atoms with Crippen LogP contribution in [0.1, 0.15) is 32.4 Å². The summed E-state index contributed by atoms with van der Waals surface area (Å²) in [6.45, 7) is 7.22. The zero-order valence-electron chi connectivity index (χ0n) is 12.2. The van der Waals surface area contributed by atoms with Crippen molar-refractivity contribution >= 4 is 17.6 Å². The van der Waals surface area contributed by atoms with Crippen LogP contribution in [-0.4, -0.2) is 35.0 Å². The number of hydrogen-bond acceptors (Lipinski definition) is 4. The normalized spacial score (nSPS) is 18.9. The number of nitrogens with zero attached hydrogens (tertiary/aromatic N) is 2. The first-order valence-electron chi connectivity index (χ1n) is 6.97. The molecule has 1 aromatic heterocycles. The van der Waals surface area contributed by atoms with Crippen molar-refractivity contribution in [3.8, 4) is 0 Å². The molecule has 0 aromatic carbocycles. The van der Waals surface area contributed by atoms with Crippen LogP contribution in [0.5, 0.6) is 0 Å². The SMILES string of the molecule is Cc1cc(NC(=O)[C@H]2CC(=O)N(CCC(C)C)C2)no1. The summed E-state index contributed by atoms with van der Waals surface area (Å²) in [5.74, 6) is 1.18. The van der Waals surface area contributed by atoms with Crippen LogP contribution in [0.3, 0.4) is 0 Å². The summed E-state index contributed by atoms with van der Waals surface area (Å²) in [5, 5.41) is 6.41. The van der Waals surface area contributed by atoms with E-state index in [0.717, 1.165) is 13.0 Å². The molecule has 1 aliphatic heterocycles. The number of carbonyl (C=O) groups excluding carboxylic acids is 2. The lowest BCUT2D eigenvalue weighted by atomic mass is 10.1. The minimum Gasteiger partial charge on any atom is -0.360 e. The number of aromatic nitrogens is 1. The van der Waals surface area contributed by atoms with E-state index in [4.69, 9.17) is 4.52 Å². The van der Waals surface area contributed by atoms with Gasteiger partial charge in [-0.25, -0.2) is 0 Å². The summed E-state index contributed by atoms with van der Waals surface area (Å²) in [4.78, 5) is 25.7.